The predicted molar refractivity (Wildman–Crippen MR) is 87.4 cm³/mol. The summed E-state index contributed by atoms with van der Waals surface area (Å²) in [5.74, 6) is 0.949. The first-order valence-electron chi connectivity index (χ1n) is 7.18. The maximum Gasteiger partial charge on any atom is 0.244 e. The molecule has 1 aliphatic carbocycles. The summed E-state index contributed by atoms with van der Waals surface area (Å²) in [5, 5.41) is 0.250. The van der Waals surface area contributed by atoms with Gasteiger partial charge in [0.05, 0.1) is 5.02 Å². The molecule has 0 bridgehead atoms. The van der Waals surface area contributed by atoms with Gasteiger partial charge in [0.1, 0.15) is 4.90 Å². The van der Waals surface area contributed by atoms with E-state index in [1.165, 1.54) is 4.31 Å². The molecule has 1 fully saturated rings. The summed E-state index contributed by atoms with van der Waals surface area (Å²) in [6.45, 7) is 2.21. The van der Waals surface area contributed by atoms with E-state index in [2.05, 4.69) is 6.92 Å². The number of hydrogen-bond donors (Lipinski definition) is 0. The molecule has 0 unspecified atom stereocenters. The molecule has 1 aliphatic rings. The zero-order valence-corrected chi connectivity index (χ0v) is 14.7. The van der Waals surface area contributed by atoms with Gasteiger partial charge in [-0.25, -0.2) is 8.42 Å². The molecule has 0 N–H and O–H groups in total. The molecule has 21 heavy (non-hydrogen) atoms. The highest BCUT2D eigenvalue weighted by molar-refractivity contribution is 7.89. The summed E-state index contributed by atoms with van der Waals surface area (Å²) in [7, 11) is -1.92. The second-order valence-electron chi connectivity index (χ2n) is 5.83. The first-order valence-corrected chi connectivity index (χ1v) is 9.54. The van der Waals surface area contributed by atoms with E-state index in [4.69, 9.17) is 23.2 Å². The number of benzene rings is 1. The molecule has 6 heteroatoms. The largest absolute Gasteiger partial charge is 0.244 e. The molecule has 0 heterocycles. The third-order valence-electron chi connectivity index (χ3n) is 4.31. The topological polar surface area (TPSA) is 37.4 Å². The summed E-state index contributed by atoms with van der Waals surface area (Å²) < 4.78 is 27.1. The zero-order chi connectivity index (χ0) is 15.6. The van der Waals surface area contributed by atoms with Gasteiger partial charge in [-0.1, -0.05) is 24.6 Å². The van der Waals surface area contributed by atoms with Crippen LogP contribution in [0, 0.1) is 5.92 Å². The first kappa shape index (κ1) is 17.1. The van der Waals surface area contributed by atoms with Crippen LogP contribution >= 0.6 is 23.2 Å². The van der Waals surface area contributed by atoms with E-state index >= 15 is 0 Å². The maximum atomic E-state index is 12.8. The molecular weight excluding hydrogens is 329 g/mol. The maximum absolute atomic E-state index is 12.8. The van der Waals surface area contributed by atoms with Crippen LogP contribution in [0.25, 0.3) is 0 Å². The van der Waals surface area contributed by atoms with Crippen molar-refractivity contribution in [1.82, 2.24) is 4.31 Å². The van der Waals surface area contributed by atoms with Crippen LogP contribution in [0.2, 0.25) is 5.02 Å². The van der Waals surface area contributed by atoms with Crippen molar-refractivity contribution in [3.63, 3.8) is 0 Å². The average Bonchev–Trinajstić information content (AvgIpc) is 2.47. The quantitative estimate of drug-likeness (QED) is 0.760. The molecule has 0 aliphatic heterocycles. The lowest BCUT2D eigenvalue weighted by molar-refractivity contribution is 0.246. The van der Waals surface area contributed by atoms with E-state index < -0.39 is 10.0 Å². The van der Waals surface area contributed by atoms with Crippen LogP contribution in [-0.4, -0.2) is 25.8 Å². The SMILES string of the molecule is CC1CCC(N(C)S(=O)(=O)c2cc(CCl)ccc2Cl)CC1. The van der Waals surface area contributed by atoms with E-state index in [1.807, 2.05) is 0 Å². The van der Waals surface area contributed by atoms with E-state index in [-0.39, 0.29) is 21.8 Å². The lowest BCUT2D eigenvalue weighted by Crippen LogP contribution is -2.39. The van der Waals surface area contributed by atoms with E-state index in [9.17, 15) is 8.42 Å². The van der Waals surface area contributed by atoms with Gasteiger partial charge in [-0.05, 0) is 49.3 Å². The fourth-order valence-corrected chi connectivity index (χ4v) is 4.89. The minimum Gasteiger partial charge on any atom is -0.207 e. The molecule has 0 amide bonds. The Labute approximate surface area is 137 Å². The lowest BCUT2D eigenvalue weighted by Gasteiger charge is -2.33. The molecule has 1 aromatic carbocycles. The minimum absolute atomic E-state index is 0.0573. The summed E-state index contributed by atoms with van der Waals surface area (Å²) in [4.78, 5) is 0.156. The molecule has 1 saturated carbocycles. The van der Waals surface area contributed by atoms with Crippen LogP contribution in [0.5, 0.6) is 0 Å². The third kappa shape index (κ3) is 3.73. The molecule has 0 atom stereocenters. The molecule has 0 radical (unpaired) electrons. The number of sulfonamides is 1. The molecule has 118 valence electrons. The van der Waals surface area contributed by atoms with Gasteiger partial charge < -0.3 is 0 Å². The van der Waals surface area contributed by atoms with E-state index in [0.29, 0.717) is 5.92 Å². The summed E-state index contributed by atoms with van der Waals surface area (Å²) in [5.41, 5.74) is 0.755. The van der Waals surface area contributed by atoms with E-state index in [0.717, 1.165) is 31.2 Å². The Hall–Kier alpha value is -0.290. The number of nitrogens with zero attached hydrogens (tertiary/aromatic N) is 1. The third-order valence-corrected chi connectivity index (χ3v) is 7.01. The molecule has 3 nitrogen and oxygen atoms in total. The molecule has 0 aromatic heterocycles. The lowest BCUT2D eigenvalue weighted by atomic mass is 9.87. The van der Waals surface area contributed by atoms with Gasteiger partial charge in [0.25, 0.3) is 0 Å². The standard InChI is InChI=1S/C15H21Cl2NO2S/c1-11-3-6-13(7-4-11)18(2)21(19,20)15-9-12(10-16)5-8-14(15)17/h5,8-9,11,13H,3-4,6-7,10H2,1-2H3. The number of alkyl halides is 1. The van der Waals surface area contributed by atoms with Gasteiger partial charge in [0.2, 0.25) is 10.0 Å². The van der Waals surface area contributed by atoms with Crippen molar-refractivity contribution in [2.45, 2.75) is 49.4 Å². The fourth-order valence-electron chi connectivity index (χ4n) is 2.79. The van der Waals surface area contributed by atoms with Gasteiger partial charge in [0.15, 0.2) is 0 Å². The van der Waals surface area contributed by atoms with Crippen LogP contribution in [0.4, 0.5) is 0 Å². The second-order valence-corrected chi connectivity index (χ2v) is 8.47. The van der Waals surface area contributed by atoms with Crippen molar-refractivity contribution in [2.75, 3.05) is 7.05 Å². The number of hydrogen-bond acceptors (Lipinski definition) is 2. The summed E-state index contributed by atoms with van der Waals surface area (Å²) in [6.07, 6.45) is 3.95. The van der Waals surface area contributed by atoms with Gasteiger partial charge >= 0.3 is 0 Å². The Morgan fingerprint density at radius 3 is 2.43 bits per heavy atom. The smallest absolute Gasteiger partial charge is 0.207 e. The van der Waals surface area contributed by atoms with Crippen molar-refractivity contribution in [3.05, 3.63) is 28.8 Å². The highest BCUT2D eigenvalue weighted by Gasteiger charge is 2.31. The normalized spacial score (nSPS) is 23.5. The Kier molecular flexibility index (Phi) is 5.58. The number of rotatable bonds is 4. The summed E-state index contributed by atoms with van der Waals surface area (Å²) in [6, 6.07) is 4.98. The Morgan fingerprint density at radius 1 is 1.24 bits per heavy atom. The van der Waals surface area contributed by atoms with Crippen LogP contribution in [0.15, 0.2) is 23.1 Å². The van der Waals surface area contributed by atoms with Crippen molar-refractivity contribution >= 4 is 33.2 Å². The first-order chi connectivity index (χ1) is 9.86. The monoisotopic (exact) mass is 349 g/mol. The molecule has 0 spiro atoms. The Bertz CT molecular complexity index is 596. The van der Waals surface area contributed by atoms with Crippen molar-refractivity contribution in [2.24, 2.45) is 5.92 Å². The average molecular weight is 350 g/mol. The Balaban J connectivity index is 2.29. The van der Waals surface area contributed by atoms with E-state index in [1.54, 1.807) is 25.2 Å². The highest BCUT2D eigenvalue weighted by atomic mass is 35.5. The van der Waals surface area contributed by atoms with Crippen LogP contribution < -0.4 is 0 Å². The summed E-state index contributed by atoms with van der Waals surface area (Å²) >= 11 is 11.9. The van der Waals surface area contributed by atoms with Gasteiger partial charge in [-0.3, -0.25) is 0 Å². The van der Waals surface area contributed by atoms with Gasteiger partial charge in [0, 0.05) is 19.0 Å². The van der Waals surface area contributed by atoms with Crippen LogP contribution in [0.1, 0.15) is 38.2 Å². The second kappa shape index (κ2) is 6.86. The van der Waals surface area contributed by atoms with Crippen LogP contribution in [0.3, 0.4) is 0 Å². The minimum atomic E-state index is -3.58. The zero-order valence-electron chi connectivity index (χ0n) is 12.4. The van der Waals surface area contributed by atoms with Crippen molar-refractivity contribution < 1.29 is 8.42 Å². The highest BCUT2D eigenvalue weighted by Crippen LogP contribution is 2.32. The molecule has 1 aromatic rings. The van der Waals surface area contributed by atoms with Crippen LogP contribution in [-0.2, 0) is 15.9 Å². The van der Waals surface area contributed by atoms with Gasteiger partial charge in [-0.2, -0.15) is 4.31 Å². The van der Waals surface area contributed by atoms with Gasteiger partial charge in [-0.15, -0.1) is 11.6 Å². The molecule has 2 rings (SSSR count). The fraction of sp³-hybridized carbons (Fsp3) is 0.600. The Morgan fingerprint density at radius 2 is 1.86 bits per heavy atom. The van der Waals surface area contributed by atoms with Crippen molar-refractivity contribution in [1.29, 1.82) is 0 Å². The molecule has 0 saturated heterocycles. The molecular formula is C15H21Cl2NO2S. The van der Waals surface area contributed by atoms with Crippen molar-refractivity contribution in [3.8, 4) is 0 Å². The number of halogens is 2. The predicted octanol–water partition coefficient (Wildman–Crippen LogP) is 4.28.